The summed E-state index contributed by atoms with van der Waals surface area (Å²) in [5.41, 5.74) is 0.581. The number of carbonyl (C=O) groups excluding carboxylic acids is 3. The molecule has 0 spiro atoms. The molecule has 32 heavy (non-hydrogen) atoms. The second-order valence-electron chi connectivity index (χ2n) is 9.05. The Bertz CT molecular complexity index is 1110. The summed E-state index contributed by atoms with van der Waals surface area (Å²) in [6, 6.07) is 14.5. The Morgan fingerprint density at radius 2 is 1.44 bits per heavy atom. The van der Waals surface area contributed by atoms with Crippen LogP contribution in [0.4, 0.5) is 5.69 Å². The summed E-state index contributed by atoms with van der Waals surface area (Å²) in [7, 11) is 0. The molecule has 1 N–H and O–H groups in total. The van der Waals surface area contributed by atoms with Crippen molar-refractivity contribution in [1.82, 2.24) is 4.90 Å². The highest BCUT2D eigenvalue weighted by Crippen LogP contribution is 2.65. The molecular weight excluding hydrogens is 472 g/mol. The fraction of sp³-hybridized carbons (Fsp3) is 0.320. The summed E-state index contributed by atoms with van der Waals surface area (Å²) in [4.78, 5) is 39.8. The Kier molecular flexibility index (Phi) is 4.50. The van der Waals surface area contributed by atoms with Gasteiger partial charge in [0.2, 0.25) is 17.7 Å². The van der Waals surface area contributed by atoms with E-state index in [2.05, 4.69) is 33.4 Å². The number of carbonyl (C=O) groups is 3. The van der Waals surface area contributed by atoms with Gasteiger partial charge in [-0.15, -0.1) is 0 Å². The van der Waals surface area contributed by atoms with Crippen LogP contribution in [0, 0.1) is 35.5 Å². The second-order valence-corrected chi connectivity index (χ2v) is 9.96. The van der Waals surface area contributed by atoms with Crippen molar-refractivity contribution in [3.8, 4) is 11.5 Å². The van der Waals surface area contributed by atoms with Crippen molar-refractivity contribution >= 4 is 39.3 Å². The summed E-state index contributed by atoms with van der Waals surface area (Å²) in [6.45, 7) is -0.239. The van der Waals surface area contributed by atoms with Gasteiger partial charge in [-0.1, -0.05) is 28.1 Å². The molecule has 6 atom stereocenters. The molecule has 6 unspecified atom stereocenters. The first-order chi connectivity index (χ1) is 15.5. The Balaban J connectivity index is 1.09. The molecule has 7 heteroatoms. The van der Waals surface area contributed by atoms with Crippen molar-refractivity contribution in [3.63, 3.8) is 0 Å². The summed E-state index contributed by atoms with van der Waals surface area (Å²) in [5, 5.41) is 2.78. The molecule has 4 aliphatic carbocycles. The van der Waals surface area contributed by atoms with Crippen LogP contribution in [0.3, 0.4) is 0 Å². The molecule has 162 valence electrons. The van der Waals surface area contributed by atoms with Gasteiger partial charge >= 0.3 is 0 Å². The van der Waals surface area contributed by atoms with E-state index in [0.717, 1.165) is 10.9 Å². The molecular formula is C25H21BrN2O4. The number of benzene rings is 2. The van der Waals surface area contributed by atoms with Crippen molar-refractivity contribution in [2.75, 3.05) is 11.9 Å². The summed E-state index contributed by atoms with van der Waals surface area (Å²) < 4.78 is 6.75. The minimum absolute atomic E-state index is 0.165. The van der Waals surface area contributed by atoms with E-state index in [4.69, 9.17) is 4.74 Å². The van der Waals surface area contributed by atoms with Crippen LogP contribution in [0.15, 0.2) is 65.2 Å². The SMILES string of the molecule is O=C(CN1C(=O)C2C3C=CC(C4CC34)C2C1=O)Nc1ccc(Oc2ccc(Br)cc2)cc1. The van der Waals surface area contributed by atoms with Crippen LogP contribution >= 0.6 is 15.9 Å². The van der Waals surface area contributed by atoms with Gasteiger partial charge in [-0.3, -0.25) is 19.3 Å². The zero-order valence-corrected chi connectivity index (χ0v) is 18.7. The number of hydrogen-bond donors (Lipinski definition) is 1. The highest BCUT2D eigenvalue weighted by molar-refractivity contribution is 9.10. The van der Waals surface area contributed by atoms with E-state index >= 15 is 0 Å². The molecule has 1 aliphatic heterocycles. The summed E-state index contributed by atoms with van der Waals surface area (Å²) >= 11 is 3.39. The molecule has 3 amide bonds. The molecule has 3 fully saturated rings. The Hall–Kier alpha value is -2.93. The van der Waals surface area contributed by atoms with Gasteiger partial charge in [-0.05, 0) is 78.6 Å². The normalized spacial score (nSPS) is 31.3. The minimum atomic E-state index is -0.377. The van der Waals surface area contributed by atoms with E-state index in [-0.39, 0.29) is 47.9 Å². The molecule has 1 heterocycles. The average molecular weight is 493 g/mol. The first-order valence-corrected chi connectivity index (χ1v) is 11.7. The molecule has 5 aliphatic rings. The lowest BCUT2D eigenvalue weighted by Gasteiger charge is -2.37. The third-order valence-corrected chi connectivity index (χ3v) is 7.77. The van der Waals surface area contributed by atoms with E-state index in [0.29, 0.717) is 29.0 Å². The number of amides is 3. The third kappa shape index (κ3) is 3.18. The van der Waals surface area contributed by atoms with Gasteiger partial charge in [-0.25, -0.2) is 0 Å². The van der Waals surface area contributed by atoms with Gasteiger partial charge in [0.05, 0.1) is 11.8 Å². The van der Waals surface area contributed by atoms with Crippen LogP contribution < -0.4 is 10.1 Å². The highest BCUT2D eigenvalue weighted by atomic mass is 79.9. The van der Waals surface area contributed by atoms with E-state index in [1.54, 1.807) is 24.3 Å². The molecule has 1 saturated heterocycles. The molecule has 2 aromatic carbocycles. The van der Waals surface area contributed by atoms with E-state index in [1.165, 1.54) is 4.90 Å². The average Bonchev–Trinajstić information content (AvgIpc) is 3.58. The molecule has 6 nitrogen and oxygen atoms in total. The molecule has 2 bridgehead atoms. The number of halogens is 1. The van der Waals surface area contributed by atoms with Crippen LogP contribution in [0.5, 0.6) is 11.5 Å². The predicted molar refractivity (Wildman–Crippen MR) is 121 cm³/mol. The maximum Gasteiger partial charge on any atom is 0.244 e. The van der Waals surface area contributed by atoms with Gasteiger partial charge in [0.25, 0.3) is 0 Å². The van der Waals surface area contributed by atoms with Gasteiger partial charge in [0.1, 0.15) is 18.0 Å². The van der Waals surface area contributed by atoms with E-state index in [9.17, 15) is 14.4 Å². The molecule has 0 radical (unpaired) electrons. The van der Waals surface area contributed by atoms with Crippen LogP contribution in [0.1, 0.15) is 6.42 Å². The van der Waals surface area contributed by atoms with E-state index < -0.39 is 0 Å². The zero-order valence-electron chi connectivity index (χ0n) is 17.1. The van der Waals surface area contributed by atoms with Crippen molar-refractivity contribution in [3.05, 3.63) is 65.2 Å². The van der Waals surface area contributed by atoms with Crippen LogP contribution in [-0.2, 0) is 14.4 Å². The largest absolute Gasteiger partial charge is 0.457 e. The summed E-state index contributed by atoms with van der Waals surface area (Å²) in [6.07, 6.45) is 5.39. The van der Waals surface area contributed by atoms with Gasteiger partial charge in [0, 0.05) is 10.2 Å². The lowest BCUT2D eigenvalue weighted by atomic mass is 9.63. The maximum atomic E-state index is 13.0. The van der Waals surface area contributed by atoms with E-state index in [1.807, 2.05) is 24.3 Å². The molecule has 0 aromatic heterocycles. The van der Waals surface area contributed by atoms with Gasteiger partial charge < -0.3 is 10.1 Å². The fourth-order valence-electron chi connectivity index (χ4n) is 5.76. The number of likely N-dealkylation sites (tertiary alicyclic amines) is 1. The number of rotatable bonds is 5. The maximum absolute atomic E-state index is 13.0. The fourth-order valence-corrected chi connectivity index (χ4v) is 6.03. The highest BCUT2D eigenvalue weighted by Gasteiger charge is 2.67. The standard InChI is InChI=1S/C25H21BrN2O4/c26-13-1-5-15(6-2-13)32-16-7-3-14(4-8-16)27-21(29)12-28-24(30)22-17-9-10-18(20-11-19(17)20)23(22)25(28)31/h1-10,17-20,22-23H,11-12H2,(H,27,29). The minimum Gasteiger partial charge on any atom is -0.457 e. The number of anilines is 1. The Morgan fingerprint density at radius 3 is 2.00 bits per heavy atom. The van der Waals surface area contributed by atoms with Crippen molar-refractivity contribution < 1.29 is 19.1 Å². The number of hydrogen-bond acceptors (Lipinski definition) is 4. The van der Waals surface area contributed by atoms with Crippen LogP contribution in [0.25, 0.3) is 0 Å². The van der Waals surface area contributed by atoms with Gasteiger partial charge in [0.15, 0.2) is 0 Å². The Labute approximate surface area is 193 Å². The smallest absolute Gasteiger partial charge is 0.244 e. The van der Waals surface area contributed by atoms with Crippen molar-refractivity contribution in [1.29, 1.82) is 0 Å². The molecule has 7 rings (SSSR count). The van der Waals surface area contributed by atoms with Crippen molar-refractivity contribution in [2.45, 2.75) is 6.42 Å². The topological polar surface area (TPSA) is 75.7 Å². The first kappa shape index (κ1) is 19.7. The number of imide groups is 1. The van der Waals surface area contributed by atoms with Gasteiger partial charge in [-0.2, -0.15) is 0 Å². The molecule has 2 aromatic rings. The quantitative estimate of drug-likeness (QED) is 0.500. The Morgan fingerprint density at radius 1 is 0.906 bits per heavy atom. The lowest BCUT2D eigenvalue weighted by molar-refractivity contribution is -0.142. The number of nitrogens with one attached hydrogen (secondary N) is 1. The first-order valence-electron chi connectivity index (χ1n) is 10.9. The lowest BCUT2D eigenvalue weighted by Crippen LogP contribution is -2.40. The monoisotopic (exact) mass is 492 g/mol. The molecule has 2 saturated carbocycles. The van der Waals surface area contributed by atoms with Crippen LogP contribution in [0.2, 0.25) is 0 Å². The van der Waals surface area contributed by atoms with Crippen molar-refractivity contribution in [2.24, 2.45) is 35.5 Å². The number of allylic oxidation sites excluding steroid dienone is 2. The number of nitrogens with zero attached hydrogens (tertiary/aromatic N) is 1. The summed E-state index contributed by atoms with van der Waals surface area (Å²) in [5.74, 6) is 1.49. The predicted octanol–water partition coefficient (Wildman–Crippen LogP) is 4.23. The zero-order chi connectivity index (χ0) is 22.0. The number of ether oxygens (including phenoxy) is 1. The second kappa shape index (κ2) is 7.30. The van der Waals surface area contributed by atoms with Crippen LogP contribution in [-0.4, -0.2) is 29.2 Å². The third-order valence-electron chi connectivity index (χ3n) is 7.24.